The minimum Gasteiger partial charge on any atom is -0.478 e. The fourth-order valence-electron chi connectivity index (χ4n) is 2.31. The molecule has 1 unspecified atom stereocenters. The quantitative estimate of drug-likeness (QED) is 0.609. The first-order valence-electron chi connectivity index (χ1n) is 8.03. The zero-order chi connectivity index (χ0) is 15.5. The molecule has 0 aliphatic heterocycles. The van der Waals surface area contributed by atoms with Gasteiger partial charge in [0, 0.05) is 13.2 Å². The molecule has 0 saturated heterocycles. The summed E-state index contributed by atoms with van der Waals surface area (Å²) in [6, 6.07) is 7.17. The average molecular weight is 292 g/mol. The van der Waals surface area contributed by atoms with E-state index in [1.165, 1.54) is 31.2 Å². The Bertz CT molecular complexity index is 397. The minimum absolute atomic E-state index is 0.349. The highest BCUT2D eigenvalue weighted by Gasteiger charge is 2.06. The first-order chi connectivity index (χ1) is 10.1. The largest absolute Gasteiger partial charge is 0.478 e. The molecular formula is C18H28O3. The smallest absolute Gasteiger partial charge is 0.335 e. The highest BCUT2D eigenvalue weighted by Crippen LogP contribution is 2.13. The zero-order valence-electron chi connectivity index (χ0n) is 13.3. The van der Waals surface area contributed by atoms with E-state index in [2.05, 4.69) is 13.8 Å². The van der Waals surface area contributed by atoms with Crippen molar-refractivity contribution in [2.45, 2.75) is 52.4 Å². The molecule has 1 N–H and O–H groups in total. The first-order valence-corrected chi connectivity index (χ1v) is 8.03. The number of carboxylic acids is 1. The molecule has 0 bridgehead atoms. The number of benzene rings is 1. The SMILES string of the molecule is CCCCCCOCCC(C)Cc1ccc(C(=O)O)cc1. The third-order valence-corrected chi connectivity index (χ3v) is 3.68. The molecule has 3 nitrogen and oxygen atoms in total. The van der Waals surface area contributed by atoms with Crippen LogP contribution in [0.2, 0.25) is 0 Å². The van der Waals surface area contributed by atoms with E-state index >= 15 is 0 Å². The summed E-state index contributed by atoms with van der Waals surface area (Å²) in [7, 11) is 0. The molecule has 118 valence electrons. The number of aromatic carboxylic acids is 1. The summed E-state index contributed by atoms with van der Waals surface area (Å²) < 4.78 is 5.66. The summed E-state index contributed by atoms with van der Waals surface area (Å²) in [5.74, 6) is -0.317. The molecule has 0 aliphatic rings. The van der Waals surface area contributed by atoms with Crippen molar-refractivity contribution in [3.05, 3.63) is 35.4 Å². The number of hydrogen-bond acceptors (Lipinski definition) is 2. The monoisotopic (exact) mass is 292 g/mol. The second-order valence-corrected chi connectivity index (χ2v) is 5.77. The molecule has 0 amide bonds. The summed E-state index contributed by atoms with van der Waals surface area (Å²) in [4.78, 5) is 10.8. The molecule has 0 aromatic heterocycles. The number of rotatable bonds is 11. The Morgan fingerprint density at radius 2 is 1.86 bits per heavy atom. The molecule has 0 fully saturated rings. The van der Waals surface area contributed by atoms with E-state index in [0.717, 1.165) is 26.1 Å². The van der Waals surface area contributed by atoms with Gasteiger partial charge in [-0.25, -0.2) is 4.79 Å². The first kappa shape index (κ1) is 17.7. The van der Waals surface area contributed by atoms with Crippen LogP contribution < -0.4 is 0 Å². The van der Waals surface area contributed by atoms with Gasteiger partial charge in [-0.2, -0.15) is 0 Å². The Morgan fingerprint density at radius 3 is 2.48 bits per heavy atom. The summed E-state index contributed by atoms with van der Waals surface area (Å²) in [6.07, 6.45) is 7.01. The van der Waals surface area contributed by atoms with Crippen LogP contribution in [0.25, 0.3) is 0 Å². The van der Waals surface area contributed by atoms with Crippen molar-refractivity contribution < 1.29 is 14.6 Å². The third-order valence-electron chi connectivity index (χ3n) is 3.68. The van der Waals surface area contributed by atoms with Crippen LogP contribution in [-0.2, 0) is 11.2 Å². The van der Waals surface area contributed by atoms with Crippen LogP contribution in [0.3, 0.4) is 0 Å². The standard InChI is InChI=1S/C18H28O3/c1-3-4-5-6-12-21-13-11-15(2)14-16-7-9-17(10-8-16)18(19)20/h7-10,15H,3-6,11-14H2,1-2H3,(H,19,20). The van der Waals surface area contributed by atoms with Gasteiger partial charge in [-0.05, 0) is 42.9 Å². The average Bonchev–Trinajstić information content (AvgIpc) is 2.47. The Labute approximate surface area is 128 Å². The molecule has 0 heterocycles. The second-order valence-electron chi connectivity index (χ2n) is 5.77. The topological polar surface area (TPSA) is 46.5 Å². The molecule has 0 aliphatic carbocycles. The number of unbranched alkanes of at least 4 members (excludes halogenated alkanes) is 3. The van der Waals surface area contributed by atoms with E-state index in [9.17, 15) is 4.79 Å². The Balaban J connectivity index is 2.15. The van der Waals surface area contributed by atoms with Crippen LogP contribution in [0.15, 0.2) is 24.3 Å². The van der Waals surface area contributed by atoms with Gasteiger partial charge >= 0.3 is 5.97 Å². The van der Waals surface area contributed by atoms with E-state index in [1.807, 2.05) is 12.1 Å². The number of hydrogen-bond donors (Lipinski definition) is 1. The van der Waals surface area contributed by atoms with Crippen molar-refractivity contribution in [2.24, 2.45) is 5.92 Å². The molecule has 3 heteroatoms. The van der Waals surface area contributed by atoms with Crippen LogP contribution in [0.4, 0.5) is 0 Å². The predicted molar refractivity (Wildman–Crippen MR) is 85.8 cm³/mol. The fraction of sp³-hybridized carbons (Fsp3) is 0.611. The minimum atomic E-state index is -0.869. The second kappa shape index (κ2) is 10.4. The normalized spacial score (nSPS) is 12.3. The molecule has 0 radical (unpaired) electrons. The highest BCUT2D eigenvalue weighted by atomic mass is 16.5. The van der Waals surface area contributed by atoms with Crippen molar-refractivity contribution in [3.8, 4) is 0 Å². The van der Waals surface area contributed by atoms with Gasteiger partial charge in [0.25, 0.3) is 0 Å². The van der Waals surface area contributed by atoms with E-state index < -0.39 is 5.97 Å². The lowest BCUT2D eigenvalue weighted by Crippen LogP contribution is -2.06. The van der Waals surface area contributed by atoms with Crippen molar-refractivity contribution in [2.75, 3.05) is 13.2 Å². The van der Waals surface area contributed by atoms with Crippen molar-refractivity contribution in [3.63, 3.8) is 0 Å². The Morgan fingerprint density at radius 1 is 1.14 bits per heavy atom. The summed E-state index contributed by atoms with van der Waals surface area (Å²) in [5.41, 5.74) is 1.54. The summed E-state index contributed by atoms with van der Waals surface area (Å²) in [5, 5.41) is 8.86. The molecule has 1 aromatic carbocycles. The van der Waals surface area contributed by atoms with Crippen LogP contribution in [-0.4, -0.2) is 24.3 Å². The van der Waals surface area contributed by atoms with E-state index in [-0.39, 0.29) is 0 Å². The van der Waals surface area contributed by atoms with Crippen LogP contribution in [0.1, 0.15) is 61.9 Å². The summed E-state index contributed by atoms with van der Waals surface area (Å²) >= 11 is 0. The zero-order valence-corrected chi connectivity index (χ0v) is 13.3. The number of carbonyl (C=O) groups is 1. The van der Waals surface area contributed by atoms with Gasteiger partial charge in [0.1, 0.15) is 0 Å². The molecule has 0 saturated carbocycles. The lowest BCUT2D eigenvalue weighted by molar-refractivity contribution is 0.0697. The van der Waals surface area contributed by atoms with Crippen LogP contribution in [0, 0.1) is 5.92 Å². The van der Waals surface area contributed by atoms with Gasteiger partial charge < -0.3 is 9.84 Å². The predicted octanol–water partition coefficient (Wildman–Crippen LogP) is 4.55. The van der Waals surface area contributed by atoms with E-state index in [0.29, 0.717) is 11.5 Å². The van der Waals surface area contributed by atoms with Gasteiger partial charge in [0.2, 0.25) is 0 Å². The molecule has 1 atom stereocenters. The molecule has 1 rings (SSSR count). The third kappa shape index (κ3) is 7.86. The summed E-state index contributed by atoms with van der Waals surface area (Å²) in [6.45, 7) is 6.12. The van der Waals surface area contributed by atoms with Crippen LogP contribution in [0.5, 0.6) is 0 Å². The molecular weight excluding hydrogens is 264 g/mol. The van der Waals surface area contributed by atoms with Crippen molar-refractivity contribution in [1.29, 1.82) is 0 Å². The maximum Gasteiger partial charge on any atom is 0.335 e. The molecule has 21 heavy (non-hydrogen) atoms. The maximum atomic E-state index is 10.8. The van der Waals surface area contributed by atoms with Crippen molar-refractivity contribution in [1.82, 2.24) is 0 Å². The van der Waals surface area contributed by atoms with Gasteiger partial charge in [0.05, 0.1) is 5.56 Å². The number of carboxylic acid groups (broad SMARTS) is 1. The molecule has 0 spiro atoms. The number of ether oxygens (including phenoxy) is 1. The van der Waals surface area contributed by atoms with Crippen molar-refractivity contribution >= 4 is 5.97 Å². The van der Waals surface area contributed by atoms with Gasteiger partial charge in [0.15, 0.2) is 0 Å². The highest BCUT2D eigenvalue weighted by molar-refractivity contribution is 5.87. The molecule has 1 aromatic rings. The van der Waals surface area contributed by atoms with Gasteiger partial charge in [-0.15, -0.1) is 0 Å². The maximum absolute atomic E-state index is 10.8. The lowest BCUT2D eigenvalue weighted by Gasteiger charge is -2.12. The van der Waals surface area contributed by atoms with Gasteiger partial charge in [-0.1, -0.05) is 45.2 Å². The lowest BCUT2D eigenvalue weighted by atomic mass is 9.98. The van der Waals surface area contributed by atoms with Gasteiger partial charge in [-0.3, -0.25) is 0 Å². The fourth-order valence-corrected chi connectivity index (χ4v) is 2.31. The van der Waals surface area contributed by atoms with Crippen LogP contribution >= 0.6 is 0 Å². The Kier molecular flexibility index (Phi) is 8.76. The Hall–Kier alpha value is -1.35. The van der Waals surface area contributed by atoms with E-state index in [1.54, 1.807) is 12.1 Å². The van der Waals surface area contributed by atoms with E-state index in [4.69, 9.17) is 9.84 Å².